The van der Waals surface area contributed by atoms with Crippen LogP contribution in [0.3, 0.4) is 0 Å². The van der Waals surface area contributed by atoms with Crippen molar-refractivity contribution in [3.63, 3.8) is 0 Å². The molecule has 0 saturated heterocycles. The van der Waals surface area contributed by atoms with Crippen LogP contribution in [0.15, 0.2) is 48.8 Å². The molecule has 0 atom stereocenters. The zero-order valence-corrected chi connectivity index (χ0v) is 21.2. The van der Waals surface area contributed by atoms with E-state index in [1.165, 1.54) is 24.5 Å². The number of hydrogen-bond acceptors (Lipinski definition) is 6. The number of carbonyl (C=O) groups excluding carboxylic acids is 2. The maximum Gasteiger partial charge on any atom is 0.258 e. The minimum absolute atomic E-state index is 0.0491. The topological polar surface area (TPSA) is 119 Å². The summed E-state index contributed by atoms with van der Waals surface area (Å²) in [6, 6.07) is 6.98. The van der Waals surface area contributed by atoms with Crippen molar-refractivity contribution in [2.45, 2.75) is 39.0 Å². The number of nitrogens with zero attached hydrogens (tertiary/aromatic N) is 2. The molecule has 10 heteroatoms. The number of carbonyl (C=O) groups is 2. The summed E-state index contributed by atoms with van der Waals surface area (Å²) in [4.78, 5) is 32.7. The van der Waals surface area contributed by atoms with Gasteiger partial charge in [-0.3, -0.25) is 9.59 Å². The molecule has 4 N–H and O–H groups in total. The van der Waals surface area contributed by atoms with Crippen molar-refractivity contribution in [3.8, 4) is 17.0 Å². The van der Waals surface area contributed by atoms with Crippen LogP contribution in [-0.2, 0) is 4.79 Å². The summed E-state index contributed by atoms with van der Waals surface area (Å²) >= 11 is 0. The van der Waals surface area contributed by atoms with Gasteiger partial charge in [0.25, 0.3) is 5.91 Å². The van der Waals surface area contributed by atoms with Gasteiger partial charge in [0, 0.05) is 23.4 Å². The van der Waals surface area contributed by atoms with Crippen LogP contribution in [0.2, 0.25) is 0 Å². The van der Waals surface area contributed by atoms with Crippen molar-refractivity contribution < 1.29 is 23.1 Å². The van der Waals surface area contributed by atoms with E-state index < -0.39 is 17.5 Å². The first-order valence-corrected chi connectivity index (χ1v) is 12.2. The average molecular weight is 522 g/mol. The smallest absolute Gasteiger partial charge is 0.258 e. The van der Waals surface area contributed by atoms with Gasteiger partial charge in [-0.15, -0.1) is 0 Å². The van der Waals surface area contributed by atoms with Crippen LogP contribution >= 0.6 is 0 Å². The second-order valence-electron chi connectivity index (χ2n) is 9.27. The fourth-order valence-corrected chi connectivity index (χ4v) is 3.95. The molecule has 1 aliphatic rings. The van der Waals surface area contributed by atoms with Crippen LogP contribution < -0.4 is 21.1 Å². The number of hydrogen-bond donors (Lipinski definition) is 3. The number of rotatable bonds is 10. The third-order valence-corrected chi connectivity index (χ3v) is 6.23. The Morgan fingerprint density at radius 1 is 1.18 bits per heavy atom. The zero-order chi connectivity index (χ0) is 27.4. The molecule has 2 aromatic carbocycles. The van der Waals surface area contributed by atoms with Crippen molar-refractivity contribution in [2.75, 3.05) is 24.2 Å². The molecule has 1 fully saturated rings. The second kappa shape index (κ2) is 11.4. The minimum Gasteiger partial charge on any atom is -0.488 e. The number of nitrogens with two attached hydrogens (primary N) is 1. The molecule has 0 bridgehead atoms. The lowest BCUT2D eigenvalue weighted by Crippen LogP contribution is -2.25. The Bertz CT molecular complexity index is 1410. The van der Waals surface area contributed by atoms with Gasteiger partial charge in [0.2, 0.25) is 5.91 Å². The first-order chi connectivity index (χ1) is 18.2. The van der Waals surface area contributed by atoms with Gasteiger partial charge >= 0.3 is 0 Å². The molecular weight excluding hydrogens is 492 g/mol. The first kappa shape index (κ1) is 26.7. The van der Waals surface area contributed by atoms with E-state index in [0.29, 0.717) is 35.6 Å². The highest BCUT2D eigenvalue weighted by Crippen LogP contribution is 2.40. The van der Waals surface area contributed by atoms with Crippen LogP contribution in [0, 0.1) is 18.6 Å². The maximum atomic E-state index is 14.7. The summed E-state index contributed by atoms with van der Waals surface area (Å²) in [6.45, 7) is 7.39. The molecule has 4 rings (SSSR count). The molecule has 0 aliphatic heterocycles. The van der Waals surface area contributed by atoms with E-state index in [1.807, 2.05) is 0 Å². The summed E-state index contributed by atoms with van der Waals surface area (Å²) in [5, 5.41) is 5.32. The number of ether oxygens (including phenoxy) is 1. The second-order valence-corrected chi connectivity index (χ2v) is 9.27. The normalized spacial score (nSPS) is 12.6. The molecule has 1 saturated carbocycles. The van der Waals surface area contributed by atoms with E-state index in [1.54, 1.807) is 19.9 Å². The van der Waals surface area contributed by atoms with E-state index in [-0.39, 0.29) is 41.0 Å². The SMILES string of the molecule is C=C(C)C(=O)NCCCOc1c(N)ncnc1-c1cc(F)cc(NC(=O)c2ccc(C3CC3)cc2F)c1C. The number of anilines is 2. The summed E-state index contributed by atoms with van der Waals surface area (Å²) in [7, 11) is 0. The van der Waals surface area contributed by atoms with Gasteiger partial charge in [0.05, 0.1) is 12.2 Å². The van der Waals surface area contributed by atoms with E-state index in [9.17, 15) is 18.4 Å². The van der Waals surface area contributed by atoms with Gasteiger partial charge < -0.3 is 21.1 Å². The number of halogens is 2. The van der Waals surface area contributed by atoms with Gasteiger partial charge in [0.15, 0.2) is 11.6 Å². The Labute approximate surface area is 219 Å². The largest absolute Gasteiger partial charge is 0.488 e. The molecule has 2 amide bonds. The Morgan fingerprint density at radius 2 is 1.95 bits per heavy atom. The van der Waals surface area contributed by atoms with Gasteiger partial charge in [0.1, 0.15) is 23.7 Å². The quantitative estimate of drug-likeness (QED) is 0.258. The highest BCUT2D eigenvalue weighted by atomic mass is 19.1. The van der Waals surface area contributed by atoms with E-state index in [4.69, 9.17) is 10.5 Å². The van der Waals surface area contributed by atoms with Crippen molar-refractivity contribution in [1.82, 2.24) is 15.3 Å². The fourth-order valence-electron chi connectivity index (χ4n) is 3.95. The predicted octanol–water partition coefficient (Wildman–Crippen LogP) is 4.90. The molecule has 38 heavy (non-hydrogen) atoms. The fraction of sp³-hybridized carbons (Fsp3) is 0.286. The van der Waals surface area contributed by atoms with Gasteiger partial charge in [-0.25, -0.2) is 18.7 Å². The number of nitrogen functional groups attached to an aromatic ring is 1. The lowest BCUT2D eigenvalue weighted by atomic mass is 10.0. The Morgan fingerprint density at radius 3 is 2.63 bits per heavy atom. The Hall–Kier alpha value is -4.34. The summed E-state index contributed by atoms with van der Waals surface area (Å²) in [5.74, 6) is -1.67. The van der Waals surface area contributed by atoms with Gasteiger partial charge in [-0.05, 0) is 74.4 Å². The van der Waals surface area contributed by atoms with Crippen LogP contribution in [0.25, 0.3) is 11.3 Å². The third-order valence-electron chi connectivity index (χ3n) is 6.23. The molecule has 1 heterocycles. The van der Waals surface area contributed by atoms with Crippen LogP contribution in [0.1, 0.15) is 53.6 Å². The molecule has 8 nitrogen and oxygen atoms in total. The number of amides is 2. The number of benzene rings is 2. The van der Waals surface area contributed by atoms with E-state index in [0.717, 1.165) is 24.5 Å². The van der Waals surface area contributed by atoms with Crippen LogP contribution in [0.5, 0.6) is 5.75 Å². The Balaban J connectivity index is 1.54. The standard InChI is InChI=1S/C28H29F2N5O3/c1-15(2)27(36)32-9-4-10-38-25-24(33-14-34-26(25)31)21-12-19(29)13-23(16(21)3)35-28(37)20-8-7-18(11-22(20)30)17-5-6-17/h7-8,11-14,17H,1,4-6,9-10H2,2-3H3,(H,32,36)(H,35,37)(H2,31,33,34). The average Bonchev–Trinajstić information content (AvgIpc) is 3.72. The lowest BCUT2D eigenvalue weighted by molar-refractivity contribution is -0.117. The van der Waals surface area contributed by atoms with Crippen molar-refractivity contribution in [2.24, 2.45) is 0 Å². The molecule has 0 spiro atoms. The molecular formula is C28H29F2N5O3. The lowest BCUT2D eigenvalue weighted by Gasteiger charge is -2.17. The summed E-state index contributed by atoms with van der Waals surface area (Å²) < 4.78 is 35.2. The highest BCUT2D eigenvalue weighted by molar-refractivity contribution is 6.05. The van der Waals surface area contributed by atoms with Gasteiger partial charge in [-0.1, -0.05) is 12.6 Å². The Kier molecular flexibility index (Phi) is 7.99. The molecule has 198 valence electrons. The van der Waals surface area contributed by atoms with Crippen LogP contribution in [0.4, 0.5) is 20.3 Å². The van der Waals surface area contributed by atoms with Crippen LogP contribution in [-0.4, -0.2) is 34.9 Å². The van der Waals surface area contributed by atoms with Gasteiger partial charge in [-0.2, -0.15) is 0 Å². The summed E-state index contributed by atoms with van der Waals surface area (Å²) in [6.07, 6.45) is 3.72. The highest BCUT2D eigenvalue weighted by Gasteiger charge is 2.25. The minimum atomic E-state index is -0.694. The summed E-state index contributed by atoms with van der Waals surface area (Å²) in [5.41, 5.74) is 8.36. The van der Waals surface area contributed by atoms with Crippen molar-refractivity contribution in [3.05, 3.63) is 77.1 Å². The van der Waals surface area contributed by atoms with Crippen molar-refractivity contribution in [1.29, 1.82) is 0 Å². The predicted molar refractivity (Wildman–Crippen MR) is 141 cm³/mol. The number of nitrogens with one attached hydrogen (secondary N) is 2. The third kappa shape index (κ3) is 6.13. The first-order valence-electron chi connectivity index (χ1n) is 12.2. The van der Waals surface area contributed by atoms with E-state index in [2.05, 4.69) is 27.2 Å². The zero-order valence-electron chi connectivity index (χ0n) is 21.2. The molecule has 1 aromatic heterocycles. The number of aromatic nitrogens is 2. The monoisotopic (exact) mass is 521 g/mol. The molecule has 0 unspecified atom stereocenters. The molecule has 3 aromatic rings. The van der Waals surface area contributed by atoms with Crippen molar-refractivity contribution >= 4 is 23.3 Å². The molecule has 0 radical (unpaired) electrons. The van der Waals surface area contributed by atoms with E-state index >= 15 is 0 Å². The maximum absolute atomic E-state index is 14.7. The molecule has 1 aliphatic carbocycles.